The van der Waals surface area contributed by atoms with E-state index in [-0.39, 0.29) is 5.69 Å². The lowest BCUT2D eigenvalue weighted by Crippen LogP contribution is -2.21. The third-order valence-corrected chi connectivity index (χ3v) is 2.28. The molecule has 0 bridgehead atoms. The summed E-state index contributed by atoms with van der Waals surface area (Å²) >= 11 is 0. The Morgan fingerprint density at radius 1 is 1.21 bits per heavy atom. The summed E-state index contributed by atoms with van der Waals surface area (Å²) in [5.74, 6) is -1.50. The molecule has 0 fully saturated rings. The van der Waals surface area contributed by atoms with Crippen LogP contribution in [-0.4, -0.2) is 23.5 Å². The number of benzene rings is 1. The number of amides is 1. The summed E-state index contributed by atoms with van der Waals surface area (Å²) in [7, 11) is 0. The van der Waals surface area contributed by atoms with Crippen molar-refractivity contribution >= 4 is 17.6 Å². The first-order chi connectivity index (χ1) is 9.15. The Morgan fingerprint density at radius 3 is 2.58 bits per heavy atom. The maximum atomic E-state index is 12.6. The number of hydrogen-bond donors (Lipinski definition) is 2. The van der Waals surface area contributed by atoms with E-state index in [0.717, 1.165) is 0 Å². The van der Waals surface area contributed by atoms with Crippen LogP contribution < -0.4 is 5.32 Å². The second-order valence-electron chi connectivity index (χ2n) is 3.71. The Balaban J connectivity index is 1.82. The second kappa shape index (κ2) is 5.81. The van der Waals surface area contributed by atoms with Crippen LogP contribution in [0, 0.1) is 5.82 Å². The van der Waals surface area contributed by atoms with Crippen molar-refractivity contribution in [1.82, 2.24) is 4.98 Å². The van der Waals surface area contributed by atoms with Crippen LogP contribution in [0.2, 0.25) is 0 Å². The SMILES string of the molecule is O=C(COC(=O)c1ccc[nH]1)Nc1ccc(F)cc1. The smallest absolute Gasteiger partial charge is 0.355 e. The Kier molecular flexibility index (Phi) is 3.92. The molecule has 6 heteroatoms. The molecule has 1 amide bonds. The lowest BCUT2D eigenvalue weighted by atomic mass is 10.3. The van der Waals surface area contributed by atoms with E-state index in [1.165, 1.54) is 24.3 Å². The lowest BCUT2D eigenvalue weighted by molar-refractivity contribution is -0.119. The molecule has 0 aliphatic rings. The molecule has 0 aliphatic carbocycles. The summed E-state index contributed by atoms with van der Waals surface area (Å²) in [5, 5.41) is 2.48. The number of carbonyl (C=O) groups excluding carboxylic acids is 2. The fourth-order valence-electron chi connectivity index (χ4n) is 1.40. The average Bonchev–Trinajstić information content (AvgIpc) is 2.93. The van der Waals surface area contributed by atoms with Crippen molar-refractivity contribution in [1.29, 1.82) is 0 Å². The van der Waals surface area contributed by atoms with Crippen LogP contribution in [0.1, 0.15) is 10.5 Å². The molecule has 98 valence electrons. The highest BCUT2D eigenvalue weighted by Gasteiger charge is 2.10. The number of nitrogens with one attached hydrogen (secondary N) is 2. The Hall–Kier alpha value is -2.63. The normalized spacial score (nSPS) is 9.95. The van der Waals surface area contributed by atoms with Crippen LogP contribution in [-0.2, 0) is 9.53 Å². The maximum Gasteiger partial charge on any atom is 0.355 e. The highest BCUT2D eigenvalue weighted by molar-refractivity contribution is 5.94. The molecular formula is C13H11FN2O3. The van der Waals surface area contributed by atoms with Gasteiger partial charge in [-0.1, -0.05) is 0 Å². The number of halogens is 1. The molecule has 1 aromatic heterocycles. The minimum atomic E-state index is -0.612. The van der Waals surface area contributed by atoms with Gasteiger partial charge in [0, 0.05) is 11.9 Å². The van der Waals surface area contributed by atoms with Crippen LogP contribution in [0.15, 0.2) is 42.6 Å². The zero-order valence-electron chi connectivity index (χ0n) is 9.85. The van der Waals surface area contributed by atoms with Gasteiger partial charge in [0.05, 0.1) is 0 Å². The number of anilines is 1. The molecule has 5 nitrogen and oxygen atoms in total. The van der Waals surface area contributed by atoms with Gasteiger partial charge >= 0.3 is 5.97 Å². The summed E-state index contributed by atoms with van der Waals surface area (Å²) in [6.07, 6.45) is 1.58. The summed E-state index contributed by atoms with van der Waals surface area (Å²) in [5.41, 5.74) is 0.705. The Morgan fingerprint density at radius 2 is 1.95 bits per heavy atom. The molecular weight excluding hydrogens is 251 g/mol. The van der Waals surface area contributed by atoms with E-state index in [2.05, 4.69) is 10.3 Å². The van der Waals surface area contributed by atoms with Crippen LogP contribution >= 0.6 is 0 Å². The predicted molar refractivity (Wildman–Crippen MR) is 66.1 cm³/mol. The van der Waals surface area contributed by atoms with Crippen molar-refractivity contribution in [3.05, 3.63) is 54.1 Å². The minimum Gasteiger partial charge on any atom is -0.451 e. The fraction of sp³-hybridized carbons (Fsp3) is 0.0769. The molecule has 0 aliphatic heterocycles. The number of ether oxygens (including phenoxy) is 1. The van der Waals surface area contributed by atoms with Gasteiger partial charge in [-0.15, -0.1) is 0 Å². The van der Waals surface area contributed by atoms with E-state index in [9.17, 15) is 14.0 Å². The summed E-state index contributed by atoms with van der Waals surface area (Å²) in [4.78, 5) is 25.6. The summed E-state index contributed by atoms with van der Waals surface area (Å²) < 4.78 is 17.4. The zero-order valence-corrected chi connectivity index (χ0v) is 9.85. The highest BCUT2D eigenvalue weighted by Crippen LogP contribution is 2.08. The molecule has 1 heterocycles. The molecule has 0 atom stereocenters. The zero-order chi connectivity index (χ0) is 13.7. The van der Waals surface area contributed by atoms with Crippen molar-refractivity contribution in [2.45, 2.75) is 0 Å². The van der Waals surface area contributed by atoms with Crippen LogP contribution in [0.25, 0.3) is 0 Å². The molecule has 0 saturated carbocycles. The maximum absolute atomic E-state index is 12.6. The van der Waals surface area contributed by atoms with E-state index in [1.54, 1.807) is 18.3 Å². The number of esters is 1. The molecule has 0 radical (unpaired) electrons. The van der Waals surface area contributed by atoms with Gasteiger partial charge in [0.25, 0.3) is 5.91 Å². The van der Waals surface area contributed by atoms with Gasteiger partial charge < -0.3 is 15.0 Å². The van der Waals surface area contributed by atoms with Crippen LogP contribution in [0.4, 0.5) is 10.1 Å². The largest absolute Gasteiger partial charge is 0.451 e. The summed E-state index contributed by atoms with van der Waals surface area (Å²) in [6, 6.07) is 8.47. The Bertz CT molecular complexity index is 564. The van der Waals surface area contributed by atoms with Gasteiger partial charge in [0.1, 0.15) is 11.5 Å². The molecule has 0 saturated heterocycles. The first kappa shape index (κ1) is 12.8. The molecule has 2 N–H and O–H groups in total. The summed E-state index contributed by atoms with van der Waals surface area (Å²) in [6.45, 7) is -0.408. The van der Waals surface area contributed by atoms with Gasteiger partial charge in [0.2, 0.25) is 0 Å². The first-order valence-electron chi connectivity index (χ1n) is 5.51. The van der Waals surface area contributed by atoms with Crippen LogP contribution in [0.5, 0.6) is 0 Å². The van der Waals surface area contributed by atoms with Gasteiger partial charge in [-0.05, 0) is 36.4 Å². The fourth-order valence-corrected chi connectivity index (χ4v) is 1.40. The minimum absolute atomic E-state index is 0.273. The van der Waals surface area contributed by atoms with E-state index in [4.69, 9.17) is 4.74 Å². The number of H-pyrrole nitrogens is 1. The lowest BCUT2D eigenvalue weighted by Gasteiger charge is -2.05. The van der Waals surface area contributed by atoms with Gasteiger partial charge in [0.15, 0.2) is 6.61 Å². The van der Waals surface area contributed by atoms with Crippen molar-refractivity contribution in [2.24, 2.45) is 0 Å². The van der Waals surface area contributed by atoms with Crippen molar-refractivity contribution in [3.8, 4) is 0 Å². The van der Waals surface area contributed by atoms with Gasteiger partial charge in [-0.2, -0.15) is 0 Å². The van der Waals surface area contributed by atoms with E-state index in [1.807, 2.05) is 0 Å². The molecule has 1 aromatic carbocycles. The number of aromatic amines is 1. The van der Waals surface area contributed by atoms with Gasteiger partial charge in [-0.25, -0.2) is 9.18 Å². The van der Waals surface area contributed by atoms with E-state index in [0.29, 0.717) is 5.69 Å². The molecule has 19 heavy (non-hydrogen) atoms. The molecule has 0 spiro atoms. The number of hydrogen-bond acceptors (Lipinski definition) is 3. The van der Waals surface area contributed by atoms with Crippen molar-refractivity contribution in [2.75, 3.05) is 11.9 Å². The first-order valence-corrected chi connectivity index (χ1v) is 5.51. The standard InChI is InChI=1S/C13H11FN2O3/c14-9-3-5-10(6-4-9)16-12(17)8-19-13(18)11-2-1-7-15-11/h1-7,15H,8H2,(H,16,17). The monoisotopic (exact) mass is 262 g/mol. The van der Waals surface area contributed by atoms with Crippen molar-refractivity contribution < 1.29 is 18.7 Å². The van der Waals surface area contributed by atoms with Crippen molar-refractivity contribution in [3.63, 3.8) is 0 Å². The quantitative estimate of drug-likeness (QED) is 0.827. The van der Waals surface area contributed by atoms with Crippen LogP contribution in [0.3, 0.4) is 0 Å². The molecule has 2 rings (SSSR count). The molecule has 0 unspecified atom stereocenters. The Labute approximate surface area is 108 Å². The number of rotatable bonds is 4. The topological polar surface area (TPSA) is 71.2 Å². The average molecular weight is 262 g/mol. The second-order valence-corrected chi connectivity index (χ2v) is 3.71. The predicted octanol–water partition coefficient (Wildman–Crippen LogP) is 1.95. The number of aromatic nitrogens is 1. The highest BCUT2D eigenvalue weighted by atomic mass is 19.1. The van der Waals surface area contributed by atoms with E-state index >= 15 is 0 Å². The third kappa shape index (κ3) is 3.67. The van der Waals surface area contributed by atoms with Gasteiger partial charge in [-0.3, -0.25) is 4.79 Å². The molecule has 2 aromatic rings. The number of carbonyl (C=O) groups is 2. The third-order valence-electron chi connectivity index (χ3n) is 2.28. The van der Waals surface area contributed by atoms with E-state index < -0.39 is 24.3 Å².